The largest absolute Gasteiger partial charge is 0.493 e. The van der Waals surface area contributed by atoms with Crippen LogP contribution in [0.15, 0.2) is 23.2 Å². The Balaban J connectivity index is 0.00000312. The molecule has 1 amide bonds. The quantitative estimate of drug-likeness (QED) is 0.357. The highest BCUT2D eigenvalue weighted by molar-refractivity contribution is 14.0. The van der Waals surface area contributed by atoms with Crippen LogP contribution in [-0.2, 0) is 17.6 Å². The van der Waals surface area contributed by atoms with Crippen molar-refractivity contribution in [2.45, 2.75) is 39.2 Å². The van der Waals surface area contributed by atoms with Gasteiger partial charge in [0.25, 0.3) is 0 Å². The molecule has 0 saturated heterocycles. The molecular weight excluding hydrogens is 431 g/mol. The summed E-state index contributed by atoms with van der Waals surface area (Å²) in [6.45, 7) is 7.61. The summed E-state index contributed by atoms with van der Waals surface area (Å²) < 4.78 is 5.52. The Morgan fingerprint density at radius 3 is 2.72 bits per heavy atom. The average molecular weight is 460 g/mol. The molecule has 0 saturated carbocycles. The number of hydrogen-bond donors (Lipinski definition) is 3. The fourth-order valence-corrected chi connectivity index (χ4v) is 2.57. The fraction of sp³-hybridized carbons (Fsp3) is 0.556. The van der Waals surface area contributed by atoms with Gasteiger partial charge < -0.3 is 20.7 Å². The Bertz CT molecular complexity index is 612. The summed E-state index contributed by atoms with van der Waals surface area (Å²) in [5.41, 5.74) is 2.33. The zero-order valence-corrected chi connectivity index (χ0v) is 17.8. The number of rotatable bonds is 5. The van der Waals surface area contributed by atoms with Gasteiger partial charge in [-0.1, -0.05) is 12.1 Å². The number of amides is 1. The first kappa shape index (κ1) is 21.5. The van der Waals surface area contributed by atoms with Crippen LogP contribution in [0.1, 0.15) is 31.9 Å². The number of carbonyl (C=O) groups excluding carboxylic acids is 1. The molecule has 0 fully saturated rings. The van der Waals surface area contributed by atoms with Crippen LogP contribution in [0.2, 0.25) is 0 Å². The normalized spacial score (nSPS) is 13.4. The third-order valence-corrected chi connectivity index (χ3v) is 3.61. The number of benzene rings is 1. The Labute approximate surface area is 167 Å². The van der Waals surface area contributed by atoms with E-state index in [1.165, 1.54) is 11.1 Å². The van der Waals surface area contributed by atoms with E-state index in [9.17, 15) is 4.79 Å². The van der Waals surface area contributed by atoms with Crippen molar-refractivity contribution in [3.8, 4) is 5.75 Å². The van der Waals surface area contributed by atoms with Crippen LogP contribution in [0, 0.1) is 0 Å². The lowest BCUT2D eigenvalue weighted by Crippen LogP contribution is -2.48. The molecule has 0 radical (unpaired) electrons. The summed E-state index contributed by atoms with van der Waals surface area (Å²) in [4.78, 5) is 16.0. The monoisotopic (exact) mass is 460 g/mol. The zero-order valence-electron chi connectivity index (χ0n) is 15.4. The lowest BCUT2D eigenvalue weighted by Gasteiger charge is -2.21. The molecule has 0 unspecified atom stereocenters. The van der Waals surface area contributed by atoms with Gasteiger partial charge in [-0.2, -0.15) is 0 Å². The second kappa shape index (κ2) is 9.84. The minimum atomic E-state index is -0.229. The molecule has 7 heteroatoms. The third kappa shape index (κ3) is 7.50. The number of hydrogen-bond acceptors (Lipinski definition) is 3. The van der Waals surface area contributed by atoms with Crippen LogP contribution in [0.5, 0.6) is 5.75 Å². The molecule has 0 spiro atoms. The van der Waals surface area contributed by atoms with Crippen LogP contribution < -0.4 is 20.7 Å². The Morgan fingerprint density at radius 2 is 2.04 bits per heavy atom. The van der Waals surface area contributed by atoms with Gasteiger partial charge in [-0.3, -0.25) is 9.79 Å². The second-order valence-electron chi connectivity index (χ2n) is 6.94. The van der Waals surface area contributed by atoms with Gasteiger partial charge in [0.1, 0.15) is 5.75 Å². The van der Waals surface area contributed by atoms with Crippen molar-refractivity contribution >= 4 is 35.8 Å². The summed E-state index contributed by atoms with van der Waals surface area (Å²) in [7, 11) is 1.70. The van der Waals surface area contributed by atoms with Gasteiger partial charge in [0.05, 0.1) is 13.2 Å². The van der Waals surface area contributed by atoms with Crippen LogP contribution in [-0.4, -0.2) is 44.1 Å². The molecule has 2 rings (SSSR count). The maximum absolute atomic E-state index is 11.8. The molecule has 0 bridgehead atoms. The number of carbonyl (C=O) groups is 1. The molecule has 140 valence electrons. The molecule has 1 aromatic rings. The molecule has 1 aliphatic heterocycles. The van der Waals surface area contributed by atoms with E-state index in [1.807, 2.05) is 26.8 Å². The minimum absolute atomic E-state index is 0. The van der Waals surface area contributed by atoms with Crippen molar-refractivity contribution in [1.29, 1.82) is 0 Å². The van der Waals surface area contributed by atoms with Gasteiger partial charge in [0.15, 0.2) is 5.96 Å². The summed E-state index contributed by atoms with van der Waals surface area (Å²) >= 11 is 0. The lowest BCUT2D eigenvalue weighted by molar-refractivity contribution is -0.121. The van der Waals surface area contributed by atoms with E-state index in [2.05, 4.69) is 33.1 Å². The molecule has 1 aliphatic rings. The van der Waals surface area contributed by atoms with Crippen LogP contribution >= 0.6 is 24.0 Å². The van der Waals surface area contributed by atoms with Crippen LogP contribution in [0.4, 0.5) is 0 Å². The van der Waals surface area contributed by atoms with Crippen molar-refractivity contribution < 1.29 is 9.53 Å². The van der Waals surface area contributed by atoms with Crippen molar-refractivity contribution in [3.05, 3.63) is 29.3 Å². The predicted molar refractivity (Wildman–Crippen MR) is 112 cm³/mol. The topological polar surface area (TPSA) is 74.8 Å². The van der Waals surface area contributed by atoms with Gasteiger partial charge in [0.2, 0.25) is 5.91 Å². The summed E-state index contributed by atoms with van der Waals surface area (Å²) in [6.07, 6.45) is 1.88. The Kier molecular flexibility index (Phi) is 8.47. The maximum Gasteiger partial charge on any atom is 0.239 e. The molecule has 0 aliphatic carbocycles. The van der Waals surface area contributed by atoms with Crippen molar-refractivity contribution in [2.75, 3.05) is 26.7 Å². The number of aliphatic imine (C=N–C) groups is 1. The van der Waals surface area contributed by atoms with Gasteiger partial charge in [0, 0.05) is 25.6 Å². The van der Waals surface area contributed by atoms with E-state index in [1.54, 1.807) is 7.05 Å². The molecule has 3 N–H and O–H groups in total. The van der Waals surface area contributed by atoms with E-state index >= 15 is 0 Å². The molecule has 1 heterocycles. The first-order valence-corrected chi connectivity index (χ1v) is 8.37. The Hall–Kier alpha value is -1.51. The molecule has 6 nitrogen and oxygen atoms in total. The van der Waals surface area contributed by atoms with E-state index in [4.69, 9.17) is 4.74 Å². The van der Waals surface area contributed by atoms with E-state index < -0.39 is 0 Å². The third-order valence-electron chi connectivity index (χ3n) is 3.61. The smallest absolute Gasteiger partial charge is 0.239 e. The number of guanidine groups is 1. The number of ether oxygens (including phenoxy) is 1. The minimum Gasteiger partial charge on any atom is -0.493 e. The number of halogens is 1. The molecule has 0 atom stereocenters. The van der Waals surface area contributed by atoms with E-state index in [0.29, 0.717) is 5.96 Å². The predicted octanol–water partition coefficient (Wildman–Crippen LogP) is 1.86. The highest BCUT2D eigenvalue weighted by Gasteiger charge is 2.14. The van der Waals surface area contributed by atoms with Gasteiger partial charge in [-0.25, -0.2) is 0 Å². The van der Waals surface area contributed by atoms with Gasteiger partial charge >= 0.3 is 0 Å². The molecule has 0 aromatic heterocycles. The summed E-state index contributed by atoms with van der Waals surface area (Å²) in [5.74, 6) is 1.58. The van der Waals surface area contributed by atoms with Crippen molar-refractivity contribution in [2.24, 2.45) is 4.99 Å². The van der Waals surface area contributed by atoms with Crippen molar-refractivity contribution in [1.82, 2.24) is 16.0 Å². The van der Waals surface area contributed by atoms with Crippen LogP contribution in [0.3, 0.4) is 0 Å². The summed E-state index contributed by atoms with van der Waals surface area (Å²) in [5, 5.41) is 9.17. The standard InChI is InChI=1S/C18H28N4O2.HI/c1-18(2,3)22-16(23)12-21-17(19-4)20-9-7-13-5-6-15-14(11-13)8-10-24-15;/h5-6,11H,7-10,12H2,1-4H3,(H,22,23)(H2,19,20,21);1H. The zero-order chi connectivity index (χ0) is 17.6. The number of nitrogens with zero attached hydrogens (tertiary/aromatic N) is 1. The summed E-state index contributed by atoms with van der Waals surface area (Å²) in [6, 6.07) is 6.34. The van der Waals surface area contributed by atoms with Crippen LogP contribution in [0.25, 0.3) is 0 Å². The first-order valence-electron chi connectivity index (χ1n) is 8.37. The number of fused-ring (bicyclic) bond motifs is 1. The molecule has 25 heavy (non-hydrogen) atoms. The second-order valence-corrected chi connectivity index (χ2v) is 6.94. The van der Waals surface area contributed by atoms with E-state index in [0.717, 1.165) is 31.7 Å². The molecular formula is C18H29IN4O2. The average Bonchev–Trinajstić information content (AvgIpc) is 2.96. The number of nitrogens with one attached hydrogen (secondary N) is 3. The Morgan fingerprint density at radius 1 is 1.28 bits per heavy atom. The fourth-order valence-electron chi connectivity index (χ4n) is 2.57. The van der Waals surface area contributed by atoms with Crippen molar-refractivity contribution in [3.63, 3.8) is 0 Å². The highest BCUT2D eigenvalue weighted by atomic mass is 127. The van der Waals surface area contributed by atoms with E-state index in [-0.39, 0.29) is 42.0 Å². The molecule has 1 aromatic carbocycles. The first-order chi connectivity index (χ1) is 11.4. The SMILES string of the molecule is CN=C(NCCc1ccc2c(c1)CCO2)NCC(=O)NC(C)(C)C.I. The highest BCUT2D eigenvalue weighted by Crippen LogP contribution is 2.25. The van der Waals surface area contributed by atoms with Gasteiger partial charge in [-0.05, 0) is 44.4 Å². The van der Waals surface area contributed by atoms with Gasteiger partial charge in [-0.15, -0.1) is 24.0 Å². The maximum atomic E-state index is 11.8. The lowest BCUT2D eigenvalue weighted by atomic mass is 10.1.